The van der Waals surface area contributed by atoms with Crippen LogP contribution in [0.3, 0.4) is 0 Å². The Bertz CT molecular complexity index is 2070. The Kier molecular flexibility index (Phi) is 7.48. The molecule has 0 bridgehead atoms. The lowest BCUT2D eigenvalue weighted by molar-refractivity contribution is -0.135. The first-order valence-electron chi connectivity index (χ1n) is 16.4. The molecule has 2 fully saturated rings. The maximum absolute atomic E-state index is 15.0. The number of amides is 2. The minimum absolute atomic E-state index is 0.140. The second-order valence-corrected chi connectivity index (χ2v) is 13.2. The van der Waals surface area contributed by atoms with Gasteiger partial charge in [-0.05, 0) is 65.7 Å². The molecule has 49 heavy (non-hydrogen) atoms. The highest BCUT2D eigenvalue weighted by Crippen LogP contribution is 2.63. The molecule has 10 heteroatoms. The number of aliphatic hydroxyl groups is 1. The van der Waals surface area contributed by atoms with Gasteiger partial charge in [0.1, 0.15) is 18.1 Å². The number of furan rings is 1. The molecule has 3 aliphatic carbocycles. The quantitative estimate of drug-likeness (QED) is 0.163. The zero-order valence-electron chi connectivity index (χ0n) is 26.3. The molecular weight excluding hydrogens is 621 g/mol. The Morgan fingerprint density at radius 1 is 0.837 bits per heavy atom. The van der Waals surface area contributed by atoms with Crippen LogP contribution in [-0.4, -0.2) is 45.7 Å². The van der Waals surface area contributed by atoms with Crippen molar-refractivity contribution in [1.29, 1.82) is 0 Å². The average molecular weight is 653 g/mol. The third-order valence-electron chi connectivity index (χ3n) is 10.9. The molecule has 8 rings (SSSR count). The van der Waals surface area contributed by atoms with Crippen molar-refractivity contribution in [3.05, 3.63) is 137 Å². The molecule has 4 aromatic rings. The molecule has 0 spiro atoms. The fourth-order valence-corrected chi connectivity index (χ4v) is 8.90. The van der Waals surface area contributed by atoms with E-state index >= 15 is 0 Å². The van der Waals surface area contributed by atoms with Crippen LogP contribution in [0.4, 0.5) is 5.69 Å². The lowest BCUT2D eigenvalue weighted by atomic mass is 9.45. The highest BCUT2D eigenvalue weighted by atomic mass is 16.4. The van der Waals surface area contributed by atoms with Gasteiger partial charge >= 0.3 is 7.12 Å². The maximum Gasteiger partial charge on any atom is 0.488 e. The van der Waals surface area contributed by atoms with Gasteiger partial charge in [-0.1, -0.05) is 84.4 Å². The van der Waals surface area contributed by atoms with Crippen LogP contribution >= 0.6 is 0 Å². The zero-order chi connectivity index (χ0) is 34.0. The number of ketones is 2. The van der Waals surface area contributed by atoms with E-state index < -0.39 is 53.9 Å². The van der Waals surface area contributed by atoms with E-state index in [-0.39, 0.29) is 42.2 Å². The van der Waals surface area contributed by atoms with Gasteiger partial charge < -0.3 is 19.6 Å². The van der Waals surface area contributed by atoms with Crippen LogP contribution < -0.4 is 10.4 Å². The summed E-state index contributed by atoms with van der Waals surface area (Å²) >= 11 is 0. The predicted octanol–water partition coefficient (Wildman–Crippen LogP) is 3.48. The van der Waals surface area contributed by atoms with Crippen LogP contribution in [-0.2, 0) is 31.2 Å². The number of hydrogen-bond acceptors (Lipinski definition) is 8. The second kappa shape index (κ2) is 11.8. The van der Waals surface area contributed by atoms with Crippen molar-refractivity contribution >= 4 is 47.2 Å². The summed E-state index contributed by atoms with van der Waals surface area (Å²) < 4.78 is 6.21. The third-order valence-corrected chi connectivity index (χ3v) is 10.9. The first-order chi connectivity index (χ1) is 23.7. The number of Topliss-reactive ketones (excluding diaryl/α,β-unsaturated/α-hetero) is 1. The average Bonchev–Trinajstić information content (AvgIpc) is 3.71. The first kappa shape index (κ1) is 31.1. The maximum atomic E-state index is 15.0. The summed E-state index contributed by atoms with van der Waals surface area (Å²) in [6.07, 6.45) is 3.76. The van der Waals surface area contributed by atoms with Crippen molar-refractivity contribution in [3.8, 4) is 0 Å². The molecule has 0 unspecified atom stereocenters. The number of carbonyl (C=O) groups is 4. The largest absolute Gasteiger partial charge is 0.488 e. The number of fused-ring (bicyclic) bond motifs is 4. The van der Waals surface area contributed by atoms with E-state index in [4.69, 9.17) is 4.42 Å². The molecule has 2 amide bonds. The fourth-order valence-electron chi connectivity index (χ4n) is 8.90. The van der Waals surface area contributed by atoms with Crippen molar-refractivity contribution in [2.24, 2.45) is 23.7 Å². The number of aliphatic hydroxyl groups excluding tert-OH is 1. The molecule has 2 heterocycles. The van der Waals surface area contributed by atoms with Gasteiger partial charge in [-0.3, -0.25) is 24.1 Å². The van der Waals surface area contributed by atoms with E-state index in [2.05, 4.69) is 0 Å². The Morgan fingerprint density at radius 3 is 2.27 bits per heavy atom. The van der Waals surface area contributed by atoms with Crippen molar-refractivity contribution in [2.45, 2.75) is 30.8 Å². The Morgan fingerprint density at radius 2 is 1.57 bits per heavy atom. The van der Waals surface area contributed by atoms with Gasteiger partial charge in [-0.15, -0.1) is 0 Å². The van der Waals surface area contributed by atoms with Crippen LogP contribution in [0.2, 0.25) is 0 Å². The molecule has 1 aliphatic heterocycles. The van der Waals surface area contributed by atoms with E-state index in [1.54, 1.807) is 36.4 Å². The van der Waals surface area contributed by atoms with E-state index in [0.717, 1.165) is 10.5 Å². The summed E-state index contributed by atoms with van der Waals surface area (Å²) in [4.78, 5) is 59.4. The predicted molar refractivity (Wildman–Crippen MR) is 180 cm³/mol. The van der Waals surface area contributed by atoms with Crippen molar-refractivity contribution in [2.75, 3.05) is 4.90 Å². The minimum Gasteiger partial charge on any atom is -0.463 e. The van der Waals surface area contributed by atoms with Crippen molar-refractivity contribution < 1.29 is 38.7 Å². The molecule has 0 radical (unpaired) electrons. The van der Waals surface area contributed by atoms with Gasteiger partial charge in [0.25, 0.3) is 0 Å². The summed E-state index contributed by atoms with van der Waals surface area (Å²) in [5.74, 6) is -4.49. The Hall–Kier alpha value is -5.16. The number of nitrogens with zero attached hydrogens (tertiary/aromatic N) is 1. The number of anilines is 1. The second-order valence-electron chi connectivity index (χ2n) is 13.2. The molecule has 4 aliphatic rings. The normalized spacial score (nSPS) is 27.7. The Labute approximate surface area is 282 Å². The molecular formula is C39H32BNO8. The number of rotatable bonds is 6. The third kappa shape index (κ3) is 4.59. The first-order valence-corrected chi connectivity index (χ1v) is 16.4. The number of carbonyl (C=O) groups excluding carboxylic acids is 4. The van der Waals surface area contributed by atoms with Crippen LogP contribution in [0.1, 0.15) is 41.4 Å². The summed E-state index contributed by atoms with van der Waals surface area (Å²) in [6.45, 7) is -0.365. The smallest absolute Gasteiger partial charge is 0.463 e. The molecule has 244 valence electrons. The fraction of sp³-hybridized carbons (Fsp3) is 0.231. The van der Waals surface area contributed by atoms with E-state index in [1.807, 2.05) is 54.6 Å². The van der Waals surface area contributed by atoms with Crippen molar-refractivity contribution in [1.82, 2.24) is 0 Å². The van der Waals surface area contributed by atoms with E-state index in [0.29, 0.717) is 28.2 Å². The number of hydrogen-bond donors (Lipinski definition) is 3. The van der Waals surface area contributed by atoms with E-state index in [9.17, 15) is 34.3 Å². The lowest BCUT2D eigenvalue weighted by Crippen LogP contribution is -2.58. The standard InChI is InChI=1S/C39H32BNO8/c42-21-26-14-17-32(49-26)35-27-15-16-28-34(38(46)41(37(28)45)25-13-7-12-24(18-25)40(47)48)30(27)19-31-36(44)29(22-8-3-1-4-9-22)20-33(43)39(31,35)23-10-5-2-6-11-23/h1-15,17-18,20,28,30-31,34-35,42,47-48H,16,19,21H2/t28-,30+,31-,34-,35+,39-/m0/s1. The molecule has 6 atom stereocenters. The van der Waals surface area contributed by atoms with Crippen LogP contribution in [0, 0.1) is 23.7 Å². The summed E-state index contributed by atoms with van der Waals surface area (Å²) in [7, 11) is -1.78. The van der Waals surface area contributed by atoms with Gasteiger partial charge in [0.2, 0.25) is 11.8 Å². The molecule has 1 saturated heterocycles. The van der Waals surface area contributed by atoms with Gasteiger partial charge in [0, 0.05) is 11.5 Å². The molecule has 1 saturated carbocycles. The van der Waals surface area contributed by atoms with Gasteiger partial charge in [-0.2, -0.15) is 0 Å². The molecule has 3 N–H and O–H groups in total. The van der Waals surface area contributed by atoms with Crippen LogP contribution in [0.25, 0.3) is 5.57 Å². The van der Waals surface area contributed by atoms with Crippen LogP contribution in [0.5, 0.6) is 0 Å². The van der Waals surface area contributed by atoms with Gasteiger partial charge in [0.05, 0.1) is 28.9 Å². The van der Waals surface area contributed by atoms with Gasteiger partial charge in [0.15, 0.2) is 11.6 Å². The zero-order valence-corrected chi connectivity index (χ0v) is 26.3. The Balaban J connectivity index is 1.33. The van der Waals surface area contributed by atoms with E-state index in [1.165, 1.54) is 18.2 Å². The summed E-state index contributed by atoms with van der Waals surface area (Å²) in [6, 6.07) is 27.7. The number of imide groups is 1. The number of allylic oxidation sites excluding steroid dienone is 4. The van der Waals surface area contributed by atoms with Crippen LogP contribution in [0.15, 0.2) is 119 Å². The highest BCUT2D eigenvalue weighted by Gasteiger charge is 2.66. The topological polar surface area (TPSA) is 145 Å². The minimum atomic E-state index is -1.78. The highest BCUT2D eigenvalue weighted by molar-refractivity contribution is 6.58. The molecule has 3 aromatic carbocycles. The van der Waals surface area contributed by atoms with Crippen molar-refractivity contribution in [3.63, 3.8) is 0 Å². The monoisotopic (exact) mass is 653 g/mol. The molecule has 9 nitrogen and oxygen atoms in total. The summed E-state index contributed by atoms with van der Waals surface area (Å²) in [5, 5.41) is 29.5. The lowest BCUT2D eigenvalue weighted by Gasteiger charge is -2.54. The SMILES string of the molecule is O=C1C(c2ccccc2)=CC(=O)[C@@]2(c3ccccc3)[C@@H](c3ccc(CO)o3)C3=CC[C@@H]4C(=O)N(c5cccc(B(O)O)c5)C(=O)[C@@H]4[C@@H]3C[C@@H]12. The molecule has 1 aromatic heterocycles. The number of benzene rings is 3. The summed E-state index contributed by atoms with van der Waals surface area (Å²) in [5.41, 5.74) is 1.26. The van der Waals surface area contributed by atoms with Gasteiger partial charge in [-0.25, -0.2) is 0 Å².